The highest BCUT2D eigenvalue weighted by Gasteiger charge is 2.41. The fourth-order valence-corrected chi connectivity index (χ4v) is 2.95. The number of ether oxygens (including phenoxy) is 1. The predicted octanol–water partition coefficient (Wildman–Crippen LogP) is 1.67. The van der Waals surface area contributed by atoms with Gasteiger partial charge in [0, 0.05) is 6.54 Å². The summed E-state index contributed by atoms with van der Waals surface area (Å²) in [5.41, 5.74) is 8.08. The highest BCUT2D eigenvalue weighted by molar-refractivity contribution is 7.13. The number of rotatable bonds is 3. The zero-order chi connectivity index (χ0) is 11.9. The minimum Gasteiger partial charge on any atom is -0.379 e. The number of imidazole rings is 1. The Bertz CT molecular complexity index is 522. The molecule has 1 aliphatic rings. The molecule has 0 aromatic carbocycles. The monoisotopic (exact) mass is 249 g/mol. The van der Waals surface area contributed by atoms with Crippen LogP contribution in [-0.4, -0.2) is 29.7 Å². The lowest BCUT2D eigenvalue weighted by Crippen LogP contribution is -2.52. The van der Waals surface area contributed by atoms with Crippen molar-refractivity contribution in [1.29, 1.82) is 0 Å². The third kappa shape index (κ3) is 1.62. The molecule has 3 heterocycles. The molecule has 0 aliphatic carbocycles. The molecule has 0 atom stereocenters. The molecule has 3 N–H and O–H groups in total. The van der Waals surface area contributed by atoms with E-state index in [-0.39, 0.29) is 5.41 Å². The molecule has 0 spiro atoms. The van der Waals surface area contributed by atoms with Gasteiger partial charge in [-0.3, -0.25) is 0 Å². The van der Waals surface area contributed by atoms with E-state index in [9.17, 15) is 0 Å². The first-order valence-corrected chi connectivity index (χ1v) is 6.51. The predicted molar refractivity (Wildman–Crippen MR) is 68.2 cm³/mol. The quantitative estimate of drug-likeness (QED) is 0.869. The number of nitrogens with two attached hydrogens (primary N) is 1. The lowest BCUT2D eigenvalue weighted by atomic mass is 9.85. The maximum atomic E-state index is 5.82. The Balaban J connectivity index is 1.96. The Morgan fingerprint density at radius 1 is 1.59 bits per heavy atom. The van der Waals surface area contributed by atoms with Gasteiger partial charge in [0.25, 0.3) is 0 Å². The van der Waals surface area contributed by atoms with E-state index in [1.165, 1.54) is 10.4 Å². The van der Waals surface area contributed by atoms with Crippen molar-refractivity contribution in [2.24, 2.45) is 5.73 Å². The van der Waals surface area contributed by atoms with Gasteiger partial charge in [-0.05, 0) is 23.9 Å². The van der Waals surface area contributed by atoms with Crippen LogP contribution in [0.1, 0.15) is 11.4 Å². The van der Waals surface area contributed by atoms with Crippen LogP contribution >= 0.6 is 11.3 Å². The summed E-state index contributed by atoms with van der Waals surface area (Å²) in [6, 6.07) is 2.12. The van der Waals surface area contributed by atoms with E-state index < -0.39 is 0 Å². The molecule has 0 bridgehead atoms. The second-order valence-electron chi connectivity index (χ2n) is 4.56. The Morgan fingerprint density at radius 3 is 2.94 bits per heavy atom. The molecule has 0 saturated carbocycles. The molecule has 0 radical (unpaired) electrons. The van der Waals surface area contributed by atoms with Crippen LogP contribution < -0.4 is 5.73 Å². The van der Waals surface area contributed by atoms with Crippen molar-refractivity contribution in [1.82, 2.24) is 9.97 Å². The van der Waals surface area contributed by atoms with Gasteiger partial charge in [0.1, 0.15) is 5.82 Å². The molecule has 2 aromatic heterocycles. The zero-order valence-corrected chi connectivity index (χ0v) is 10.5. The van der Waals surface area contributed by atoms with Gasteiger partial charge >= 0.3 is 0 Å². The van der Waals surface area contributed by atoms with E-state index in [2.05, 4.69) is 28.3 Å². The summed E-state index contributed by atoms with van der Waals surface area (Å²) in [5.74, 6) is 0.953. The van der Waals surface area contributed by atoms with E-state index in [1.54, 1.807) is 11.3 Å². The first-order chi connectivity index (χ1) is 8.25. The van der Waals surface area contributed by atoms with Gasteiger partial charge in [0.15, 0.2) is 0 Å². The normalized spacial score (nSPS) is 18.0. The molecule has 17 heavy (non-hydrogen) atoms. The fraction of sp³-hybridized carbons (Fsp3) is 0.417. The van der Waals surface area contributed by atoms with Crippen molar-refractivity contribution in [2.45, 2.75) is 12.3 Å². The number of thiophene rings is 1. The van der Waals surface area contributed by atoms with Crippen molar-refractivity contribution < 1.29 is 4.74 Å². The number of H-pyrrole nitrogens is 1. The van der Waals surface area contributed by atoms with Gasteiger partial charge in [-0.1, -0.05) is 0 Å². The molecule has 4 nitrogen and oxygen atoms in total. The Kier molecular flexibility index (Phi) is 2.54. The molecule has 1 fully saturated rings. The summed E-state index contributed by atoms with van der Waals surface area (Å²) in [7, 11) is 0. The van der Waals surface area contributed by atoms with Crippen LogP contribution in [0.4, 0.5) is 0 Å². The van der Waals surface area contributed by atoms with Crippen LogP contribution in [0.15, 0.2) is 17.6 Å². The number of aryl methyl sites for hydroxylation is 1. The largest absolute Gasteiger partial charge is 0.379 e. The summed E-state index contributed by atoms with van der Waals surface area (Å²) in [6.07, 6.45) is 1.89. The SMILES string of the molecule is Cc1ccsc1-c1cnc(C2(CN)COC2)[nH]1. The van der Waals surface area contributed by atoms with Crippen LogP contribution in [0.25, 0.3) is 10.6 Å². The topological polar surface area (TPSA) is 63.9 Å². The standard InChI is InChI=1S/C12H15N3OS/c1-8-2-3-17-10(8)9-4-14-11(15-9)12(5-13)6-16-7-12/h2-4H,5-7,13H2,1H3,(H,14,15). The average Bonchev–Trinajstić information content (AvgIpc) is 2.86. The second kappa shape index (κ2) is 3.94. The molecule has 1 aliphatic heterocycles. The van der Waals surface area contributed by atoms with E-state index in [0.717, 1.165) is 11.5 Å². The van der Waals surface area contributed by atoms with Crippen molar-refractivity contribution in [3.8, 4) is 10.6 Å². The Morgan fingerprint density at radius 2 is 2.41 bits per heavy atom. The summed E-state index contributed by atoms with van der Waals surface area (Å²) < 4.78 is 5.27. The van der Waals surface area contributed by atoms with E-state index >= 15 is 0 Å². The molecule has 1 saturated heterocycles. The third-order valence-corrected chi connectivity index (χ3v) is 4.38. The van der Waals surface area contributed by atoms with Crippen LogP contribution in [0.2, 0.25) is 0 Å². The second-order valence-corrected chi connectivity index (χ2v) is 5.47. The van der Waals surface area contributed by atoms with Gasteiger partial charge < -0.3 is 15.5 Å². The zero-order valence-electron chi connectivity index (χ0n) is 9.69. The van der Waals surface area contributed by atoms with Gasteiger partial charge in [-0.25, -0.2) is 4.98 Å². The van der Waals surface area contributed by atoms with Gasteiger partial charge in [0.2, 0.25) is 0 Å². The number of nitrogens with zero attached hydrogens (tertiary/aromatic N) is 1. The number of nitrogens with one attached hydrogen (secondary N) is 1. The molecule has 90 valence electrons. The Hall–Kier alpha value is -1.17. The van der Waals surface area contributed by atoms with Crippen molar-refractivity contribution in [3.05, 3.63) is 29.0 Å². The molecule has 5 heteroatoms. The fourth-order valence-electron chi connectivity index (χ4n) is 2.05. The van der Waals surface area contributed by atoms with Crippen molar-refractivity contribution in [3.63, 3.8) is 0 Å². The van der Waals surface area contributed by atoms with Crippen LogP contribution in [0.5, 0.6) is 0 Å². The molecular weight excluding hydrogens is 234 g/mol. The first-order valence-electron chi connectivity index (χ1n) is 5.63. The van der Waals surface area contributed by atoms with Gasteiger partial charge in [-0.15, -0.1) is 11.3 Å². The number of aromatic nitrogens is 2. The van der Waals surface area contributed by atoms with Crippen molar-refractivity contribution >= 4 is 11.3 Å². The van der Waals surface area contributed by atoms with Crippen molar-refractivity contribution in [2.75, 3.05) is 19.8 Å². The molecule has 2 aromatic rings. The van der Waals surface area contributed by atoms with E-state index in [1.807, 2.05) is 6.20 Å². The molecular formula is C12H15N3OS. The van der Waals surface area contributed by atoms with E-state index in [0.29, 0.717) is 19.8 Å². The smallest absolute Gasteiger partial charge is 0.118 e. The van der Waals surface area contributed by atoms with Crippen LogP contribution in [0.3, 0.4) is 0 Å². The molecule has 0 amide bonds. The lowest BCUT2D eigenvalue weighted by Gasteiger charge is -2.38. The molecule has 0 unspecified atom stereocenters. The van der Waals surface area contributed by atoms with Gasteiger partial charge in [0.05, 0.1) is 35.4 Å². The number of hydrogen-bond acceptors (Lipinski definition) is 4. The lowest BCUT2D eigenvalue weighted by molar-refractivity contribution is -0.0589. The third-order valence-electron chi connectivity index (χ3n) is 3.33. The number of aromatic amines is 1. The van der Waals surface area contributed by atoms with Crippen LogP contribution in [-0.2, 0) is 10.2 Å². The minimum absolute atomic E-state index is 0.0938. The average molecular weight is 249 g/mol. The highest BCUT2D eigenvalue weighted by Crippen LogP contribution is 2.33. The van der Waals surface area contributed by atoms with Gasteiger partial charge in [-0.2, -0.15) is 0 Å². The summed E-state index contributed by atoms with van der Waals surface area (Å²) in [5, 5.41) is 2.09. The summed E-state index contributed by atoms with van der Waals surface area (Å²) in [6.45, 7) is 4.01. The first kappa shape index (κ1) is 11.0. The maximum Gasteiger partial charge on any atom is 0.118 e. The maximum absolute atomic E-state index is 5.82. The van der Waals surface area contributed by atoms with Crippen LogP contribution in [0, 0.1) is 6.92 Å². The van der Waals surface area contributed by atoms with E-state index in [4.69, 9.17) is 10.5 Å². The number of hydrogen-bond donors (Lipinski definition) is 2. The highest BCUT2D eigenvalue weighted by atomic mass is 32.1. The summed E-state index contributed by atoms with van der Waals surface area (Å²) >= 11 is 1.73. The minimum atomic E-state index is -0.0938. The molecule has 3 rings (SSSR count). The summed E-state index contributed by atoms with van der Waals surface area (Å²) in [4.78, 5) is 9.11. The Labute approximate surface area is 104 Å².